The molecule has 17 heavy (non-hydrogen) atoms. The van der Waals surface area contributed by atoms with E-state index in [1.54, 1.807) is 12.5 Å². The van der Waals surface area contributed by atoms with Crippen LogP contribution in [0, 0.1) is 0 Å². The van der Waals surface area contributed by atoms with E-state index in [0.29, 0.717) is 12.3 Å². The third-order valence-corrected chi connectivity index (χ3v) is 3.13. The molecular weight excluding hydrogens is 234 g/mol. The van der Waals surface area contributed by atoms with Crippen LogP contribution in [0.2, 0.25) is 0 Å². The van der Waals surface area contributed by atoms with Gasteiger partial charge in [-0.3, -0.25) is 8.78 Å². The maximum absolute atomic E-state index is 11.0. The van der Waals surface area contributed by atoms with Crippen LogP contribution in [0.5, 0.6) is 0 Å². The average Bonchev–Trinajstić information content (AvgIpc) is 2.78. The minimum Gasteiger partial charge on any atom is -0.354 e. The van der Waals surface area contributed by atoms with E-state index >= 15 is 0 Å². The number of hydrogen-bond donors (Lipinski definition) is 1. The second-order valence-corrected chi connectivity index (χ2v) is 5.22. The van der Waals surface area contributed by atoms with Crippen LogP contribution in [0.25, 0.3) is 5.69 Å². The highest BCUT2D eigenvalue weighted by Crippen LogP contribution is 2.13. The van der Waals surface area contributed by atoms with Crippen molar-refractivity contribution < 1.29 is 4.21 Å². The number of hydrogen-bond acceptors (Lipinski definition) is 3. The van der Waals surface area contributed by atoms with E-state index in [1.807, 2.05) is 41.1 Å². The van der Waals surface area contributed by atoms with Gasteiger partial charge in [-0.25, -0.2) is 4.98 Å². The van der Waals surface area contributed by atoms with E-state index in [-0.39, 0.29) is 0 Å². The van der Waals surface area contributed by atoms with Crippen LogP contribution in [0.4, 0.5) is 5.95 Å². The lowest BCUT2D eigenvalue weighted by atomic mass is 10.3. The molecule has 1 aromatic heterocycles. The summed E-state index contributed by atoms with van der Waals surface area (Å²) in [6.07, 6.45) is 5.35. The van der Waals surface area contributed by atoms with Crippen molar-refractivity contribution >= 4 is 16.7 Å². The van der Waals surface area contributed by atoms with Gasteiger partial charge < -0.3 is 5.32 Å². The maximum atomic E-state index is 11.0. The van der Waals surface area contributed by atoms with Gasteiger partial charge in [0.05, 0.1) is 0 Å². The highest BCUT2D eigenvalue weighted by molar-refractivity contribution is 7.84. The van der Waals surface area contributed by atoms with Crippen LogP contribution in [0.3, 0.4) is 0 Å². The Balaban J connectivity index is 2.10. The number of nitrogens with one attached hydrogen (secondary N) is 1. The van der Waals surface area contributed by atoms with Gasteiger partial charge >= 0.3 is 0 Å². The lowest BCUT2D eigenvalue weighted by molar-refractivity contribution is 0.687. The molecule has 0 radical (unpaired) electrons. The second kappa shape index (κ2) is 5.63. The Bertz CT molecular complexity index is 495. The number of aromatic nitrogens is 2. The molecule has 0 spiro atoms. The average molecular weight is 249 g/mol. The number of imidazole rings is 1. The van der Waals surface area contributed by atoms with E-state index in [1.165, 1.54) is 0 Å². The van der Waals surface area contributed by atoms with Crippen LogP contribution in [0.15, 0.2) is 42.7 Å². The van der Waals surface area contributed by atoms with Crippen LogP contribution in [-0.4, -0.2) is 32.3 Å². The van der Waals surface area contributed by atoms with E-state index in [0.717, 1.165) is 11.6 Å². The quantitative estimate of drug-likeness (QED) is 0.876. The SMILES string of the molecule is CS(=O)CCNc1nccn1-c1ccccc1. The van der Waals surface area contributed by atoms with Crippen molar-refractivity contribution in [2.24, 2.45) is 0 Å². The zero-order valence-corrected chi connectivity index (χ0v) is 10.5. The van der Waals surface area contributed by atoms with Gasteiger partial charge in [-0.05, 0) is 12.1 Å². The Morgan fingerprint density at radius 2 is 2.12 bits per heavy atom. The standard InChI is InChI=1S/C12H15N3OS/c1-17(16)10-8-14-12-13-7-9-15(12)11-5-3-2-4-6-11/h2-7,9H,8,10H2,1H3,(H,13,14). The Kier molecular flexibility index (Phi) is 3.93. The summed E-state index contributed by atoms with van der Waals surface area (Å²) in [5, 5.41) is 3.18. The van der Waals surface area contributed by atoms with Gasteiger partial charge in [-0.2, -0.15) is 0 Å². The van der Waals surface area contributed by atoms with Crippen molar-refractivity contribution in [1.29, 1.82) is 0 Å². The number of nitrogens with zero attached hydrogens (tertiary/aromatic N) is 2. The Hall–Kier alpha value is -1.62. The van der Waals surface area contributed by atoms with Gasteiger partial charge in [-0.15, -0.1) is 0 Å². The van der Waals surface area contributed by atoms with Crippen molar-refractivity contribution in [3.05, 3.63) is 42.7 Å². The third-order valence-electron chi connectivity index (χ3n) is 2.35. The molecular formula is C12H15N3OS. The van der Waals surface area contributed by atoms with Crippen molar-refractivity contribution in [2.75, 3.05) is 23.9 Å². The largest absolute Gasteiger partial charge is 0.354 e. The molecule has 1 atom stereocenters. The molecule has 2 rings (SSSR count). The summed E-state index contributed by atoms with van der Waals surface area (Å²) in [6, 6.07) is 9.99. The molecule has 0 saturated heterocycles. The van der Waals surface area contributed by atoms with Gasteiger partial charge in [-0.1, -0.05) is 18.2 Å². The van der Waals surface area contributed by atoms with E-state index in [2.05, 4.69) is 10.3 Å². The molecule has 5 heteroatoms. The molecule has 1 heterocycles. The molecule has 0 aliphatic heterocycles. The molecule has 4 nitrogen and oxygen atoms in total. The first-order valence-corrected chi connectivity index (χ1v) is 7.13. The highest BCUT2D eigenvalue weighted by Gasteiger charge is 2.03. The first kappa shape index (κ1) is 11.9. The molecule has 0 aliphatic carbocycles. The summed E-state index contributed by atoms with van der Waals surface area (Å²) >= 11 is 0. The van der Waals surface area contributed by atoms with Crippen LogP contribution >= 0.6 is 0 Å². The van der Waals surface area contributed by atoms with Crippen LogP contribution in [-0.2, 0) is 10.8 Å². The molecule has 1 N–H and O–H groups in total. The van der Waals surface area contributed by atoms with Gasteiger partial charge in [0.2, 0.25) is 5.95 Å². The summed E-state index contributed by atoms with van der Waals surface area (Å²) in [6.45, 7) is 0.660. The fourth-order valence-corrected chi connectivity index (χ4v) is 1.93. The highest BCUT2D eigenvalue weighted by atomic mass is 32.2. The molecule has 0 saturated carbocycles. The Morgan fingerprint density at radius 1 is 1.35 bits per heavy atom. The minimum absolute atomic E-state index is 0.627. The molecule has 0 aliphatic rings. The van der Waals surface area contributed by atoms with E-state index in [9.17, 15) is 4.21 Å². The molecule has 0 amide bonds. The zero-order valence-electron chi connectivity index (χ0n) is 9.67. The first-order chi connectivity index (χ1) is 8.27. The summed E-state index contributed by atoms with van der Waals surface area (Å²) < 4.78 is 12.9. The predicted octanol–water partition coefficient (Wildman–Crippen LogP) is 1.66. The lowest BCUT2D eigenvalue weighted by Crippen LogP contribution is -2.13. The maximum Gasteiger partial charge on any atom is 0.207 e. The van der Waals surface area contributed by atoms with Gasteiger partial charge in [0.1, 0.15) is 0 Å². The Morgan fingerprint density at radius 3 is 2.82 bits per heavy atom. The summed E-state index contributed by atoms with van der Waals surface area (Å²) in [7, 11) is -0.778. The predicted molar refractivity (Wildman–Crippen MR) is 71.0 cm³/mol. The zero-order chi connectivity index (χ0) is 12.1. The van der Waals surface area contributed by atoms with Crippen molar-refractivity contribution in [2.45, 2.75) is 0 Å². The fraction of sp³-hybridized carbons (Fsp3) is 0.250. The molecule has 1 unspecified atom stereocenters. The fourth-order valence-electron chi connectivity index (χ4n) is 1.54. The van der Waals surface area contributed by atoms with Crippen LogP contribution < -0.4 is 5.32 Å². The molecule has 2 aromatic rings. The van der Waals surface area contributed by atoms with Crippen LogP contribution in [0.1, 0.15) is 0 Å². The monoisotopic (exact) mass is 249 g/mol. The normalized spacial score (nSPS) is 12.3. The van der Waals surface area contributed by atoms with Gasteiger partial charge in [0.25, 0.3) is 0 Å². The molecule has 0 fully saturated rings. The lowest BCUT2D eigenvalue weighted by Gasteiger charge is -2.08. The molecule has 1 aromatic carbocycles. The minimum atomic E-state index is -0.778. The summed E-state index contributed by atoms with van der Waals surface area (Å²) in [5.74, 6) is 1.41. The van der Waals surface area contributed by atoms with E-state index < -0.39 is 10.8 Å². The third kappa shape index (κ3) is 3.17. The smallest absolute Gasteiger partial charge is 0.207 e. The molecule has 90 valence electrons. The Labute approximate surface area is 103 Å². The number of rotatable bonds is 5. The van der Waals surface area contributed by atoms with Gasteiger partial charge in [0.15, 0.2) is 0 Å². The van der Waals surface area contributed by atoms with Crippen molar-refractivity contribution in [3.63, 3.8) is 0 Å². The first-order valence-electron chi connectivity index (χ1n) is 5.40. The van der Waals surface area contributed by atoms with Gasteiger partial charge in [0, 0.05) is 47.4 Å². The van der Waals surface area contributed by atoms with E-state index in [4.69, 9.17) is 0 Å². The second-order valence-electron chi connectivity index (χ2n) is 3.66. The number of para-hydroxylation sites is 1. The molecule has 0 bridgehead atoms. The summed E-state index contributed by atoms with van der Waals surface area (Å²) in [5.41, 5.74) is 1.06. The number of anilines is 1. The van der Waals surface area contributed by atoms with Crippen molar-refractivity contribution in [1.82, 2.24) is 9.55 Å². The van der Waals surface area contributed by atoms with Crippen molar-refractivity contribution in [3.8, 4) is 5.69 Å². The topological polar surface area (TPSA) is 46.9 Å². The number of benzene rings is 1. The summed E-state index contributed by atoms with van der Waals surface area (Å²) in [4.78, 5) is 4.24.